The third-order valence-electron chi connectivity index (χ3n) is 4.02. The second kappa shape index (κ2) is 8.00. The second-order valence-electron chi connectivity index (χ2n) is 6.56. The van der Waals surface area contributed by atoms with Crippen LogP contribution in [-0.2, 0) is 10.0 Å². The van der Waals surface area contributed by atoms with Crippen molar-refractivity contribution in [3.63, 3.8) is 0 Å². The summed E-state index contributed by atoms with van der Waals surface area (Å²) in [5, 5.41) is 1.87. The summed E-state index contributed by atoms with van der Waals surface area (Å²) < 4.78 is 37.4. The number of carbonyl (C=O) groups is 1. The standard InChI is InChI=1S/C21H21NO5S/c1-14(2)22-28(24,25)20-10-6-16(7-11-20)21(23)27-19-9-5-15-4-8-18(26-3)12-17(15)13-19/h4-14,22H,1-3H3. The van der Waals surface area contributed by atoms with E-state index in [-0.39, 0.29) is 16.5 Å². The van der Waals surface area contributed by atoms with Crippen molar-refractivity contribution in [3.05, 3.63) is 66.2 Å². The van der Waals surface area contributed by atoms with Crippen LogP contribution in [0.2, 0.25) is 0 Å². The van der Waals surface area contributed by atoms with Gasteiger partial charge in [-0.15, -0.1) is 0 Å². The molecule has 0 fully saturated rings. The van der Waals surface area contributed by atoms with E-state index in [2.05, 4.69) is 4.72 Å². The molecule has 3 aromatic rings. The minimum atomic E-state index is -3.61. The third-order valence-corrected chi connectivity index (χ3v) is 5.70. The molecule has 0 aliphatic heterocycles. The van der Waals surface area contributed by atoms with E-state index < -0.39 is 16.0 Å². The van der Waals surface area contributed by atoms with Crippen molar-refractivity contribution >= 4 is 26.8 Å². The maximum absolute atomic E-state index is 12.4. The molecule has 0 amide bonds. The van der Waals surface area contributed by atoms with Gasteiger partial charge in [-0.2, -0.15) is 0 Å². The quantitative estimate of drug-likeness (QED) is 0.504. The van der Waals surface area contributed by atoms with Crippen LogP contribution in [0, 0.1) is 0 Å². The molecule has 0 spiro atoms. The molecule has 3 aromatic carbocycles. The molecule has 0 radical (unpaired) electrons. The summed E-state index contributed by atoms with van der Waals surface area (Å²) in [4.78, 5) is 12.5. The van der Waals surface area contributed by atoms with Crippen molar-refractivity contribution < 1.29 is 22.7 Å². The molecule has 146 valence electrons. The van der Waals surface area contributed by atoms with Crippen molar-refractivity contribution in [2.75, 3.05) is 7.11 Å². The first-order chi connectivity index (χ1) is 13.3. The zero-order valence-corrected chi connectivity index (χ0v) is 16.6. The number of carbonyl (C=O) groups excluding carboxylic acids is 1. The SMILES string of the molecule is COc1ccc2ccc(OC(=O)c3ccc(S(=O)(=O)NC(C)C)cc3)cc2c1. The Hall–Kier alpha value is -2.90. The van der Waals surface area contributed by atoms with Gasteiger partial charge in [0, 0.05) is 6.04 Å². The van der Waals surface area contributed by atoms with Crippen molar-refractivity contribution in [1.82, 2.24) is 4.72 Å². The minimum Gasteiger partial charge on any atom is -0.497 e. The van der Waals surface area contributed by atoms with Crippen LogP contribution >= 0.6 is 0 Å². The molecule has 6 nitrogen and oxygen atoms in total. The summed E-state index contributed by atoms with van der Waals surface area (Å²) >= 11 is 0. The summed E-state index contributed by atoms with van der Waals surface area (Å²) in [6.45, 7) is 3.48. The lowest BCUT2D eigenvalue weighted by molar-refractivity contribution is 0.0735. The second-order valence-corrected chi connectivity index (χ2v) is 8.28. The molecule has 0 aliphatic rings. The van der Waals surface area contributed by atoms with Crippen LogP contribution in [0.15, 0.2) is 65.6 Å². The highest BCUT2D eigenvalue weighted by molar-refractivity contribution is 7.89. The number of hydrogen-bond acceptors (Lipinski definition) is 5. The molecule has 0 heterocycles. The van der Waals surface area contributed by atoms with Crippen molar-refractivity contribution in [2.45, 2.75) is 24.8 Å². The number of ether oxygens (including phenoxy) is 2. The molecular weight excluding hydrogens is 378 g/mol. The van der Waals surface area contributed by atoms with Gasteiger partial charge < -0.3 is 9.47 Å². The van der Waals surface area contributed by atoms with Crippen LogP contribution in [0.3, 0.4) is 0 Å². The van der Waals surface area contributed by atoms with Crippen LogP contribution in [0.1, 0.15) is 24.2 Å². The normalized spacial score (nSPS) is 11.6. The fourth-order valence-corrected chi connectivity index (χ4v) is 3.96. The summed E-state index contributed by atoms with van der Waals surface area (Å²) in [5.41, 5.74) is 0.259. The summed E-state index contributed by atoms with van der Waals surface area (Å²) in [6.07, 6.45) is 0. The van der Waals surface area contributed by atoms with Crippen LogP contribution in [0.4, 0.5) is 0 Å². The Morgan fingerprint density at radius 3 is 2.11 bits per heavy atom. The first-order valence-electron chi connectivity index (χ1n) is 8.71. The van der Waals surface area contributed by atoms with Gasteiger partial charge >= 0.3 is 5.97 Å². The number of rotatable bonds is 6. The lowest BCUT2D eigenvalue weighted by atomic mass is 10.1. The predicted octanol–water partition coefficient (Wildman–Crippen LogP) is 3.75. The van der Waals surface area contributed by atoms with Gasteiger partial charge in [-0.1, -0.05) is 12.1 Å². The largest absolute Gasteiger partial charge is 0.497 e. The maximum Gasteiger partial charge on any atom is 0.343 e. The molecule has 28 heavy (non-hydrogen) atoms. The molecule has 0 unspecified atom stereocenters. The Bertz CT molecular complexity index is 1110. The summed E-state index contributed by atoms with van der Waals surface area (Å²) in [5.74, 6) is 0.537. The Kier molecular flexibility index (Phi) is 5.67. The monoisotopic (exact) mass is 399 g/mol. The number of sulfonamides is 1. The smallest absolute Gasteiger partial charge is 0.343 e. The van der Waals surface area contributed by atoms with Gasteiger partial charge in [-0.25, -0.2) is 17.9 Å². The van der Waals surface area contributed by atoms with Crippen LogP contribution in [0.5, 0.6) is 11.5 Å². The number of benzene rings is 3. The molecule has 0 saturated heterocycles. The lowest BCUT2D eigenvalue weighted by Crippen LogP contribution is -2.30. The predicted molar refractivity (Wildman–Crippen MR) is 107 cm³/mol. The number of hydrogen-bond donors (Lipinski definition) is 1. The Morgan fingerprint density at radius 2 is 1.50 bits per heavy atom. The fraction of sp³-hybridized carbons (Fsp3) is 0.190. The van der Waals surface area contributed by atoms with Crippen molar-refractivity contribution in [2.24, 2.45) is 0 Å². The molecule has 0 aliphatic carbocycles. The highest BCUT2D eigenvalue weighted by Crippen LogP contribution is 2.25. The van der Waals surface area contributed by atoms with Gasteiger partial charge in [0.25, 0.3) is 0 Å². The minimum absolute atomic E-state index is 0.0931. The van der Waals surface area contributed by atoms with E-state index in [0.717, 1.165) is 10.8 Å². The Balaban J connectivity index is 1.78. The van der Waals surface area contributed by atoms with Gasteiger partial charge in [-0.3, -0.25) is 0 Å². The van der Waals surface area contributed by atoms with Gasteiger partial charge in [0.15, 0.2) is 0 Å². The first-order valence-corrected chi connectivity index (χ1v) is 10.2. The van der Waals surface area contributed by atoms with Crippen LogP contribution < -0.4 is 14.2 Å². The molecule has 7 heteroatoms. The van der Waals surface area contributed by atoms with Crippen molar-refractivity contribution in [3.8, 4) is 11.5 Å². The zero-order chi connectivity index (χ0) is 20.3. The van der Waals surface area contributed by atoms with E-state index in [0.29, 0.717) is 11.5 Å². The molecule has 1 N–H and O–H groups in total. The summed E-state index contributed by atoms with van der Waals surface area (Å²) in [7, 11) is -2.02. The highest BCUT2D eigenvalue weighted by Gasteiger charge is 2.16. The Labute approximate surface area is 164 Å². The molecule has 3 rings (SSSR count). The average molecular weight is 399 g/mol. The van der Waals surface area contributed by atoms with Crippen molar-refractivity contribution in [1.29, 1.82) is 0 Å². The molecule has 0 aromatic heterocycles. The zero-order valence-electron chi connectivity index (χ0n) is 15.8. The number of nitrogens with one attached hydrogen (secondary N) is 1. The molecular formula is C21H21NO5S. The van der Waals surface area contributed by atoms with E-state index in [9.17, 15) is 13.2 Å². The van der Waals surface area contributed by atoms with E-state index in [4.69, 9.17) is 9.47 Å². The molecule has 0 saturated carbocycles. The lowest BCUT2D eigenvalue weighted by Gasteiger charge is -2.10. The highest BCUT2D eigenvalue weighted by atomic mass is 32.2. The van der Waals surface area contributed by atoms with Crippen LogP contribution in [0.25, 0.3) is 10.8 Å². The maximum atomic E-state index is 12.4. The van der Waals surface area contributed by atoms with E-state index >= 15 is 0 Å². The van der Waals surface area contributed by atoms with E-state index in [1.807, 2.05) is 24.3 Å². The Morgan fingerprint density at radius 1 is 0.893 bits per heavy atom. The third kappa shape index (κ3) is 4.49. The average Bonchev–Trinajstić information content (AvgIpc) is 2.66. The van der Waals surface area contributed by atoms with Crippen LogP contribution in [-0.4, -0.2) is 27.5 Å². The number of esters is 1. The van der Waals surface area contributed by atoms with Gasteiger partial charge in [-0.05, 0) is 73.2 Å². The fourth-order valence-electron chi connectivity index (χ4n) is 2.71. The molecule has 0 bridgehead atoms. The number of methoxy groups -OCH3 is 1. The van der Waals surface area contributed by atoms with Gasteiger partial charge in [0.2, 0.25) is 10.0 Å². The first kappa shape index (κ1) is 19.9. The number of fused-ring (bicyclic) bond motifs is 1. The molecule has 0 atom stereocenters. The van der Waals surface area contributed by atoms with E-state index in [1.54, 1.807) is 33.1 Å². The van der Waals surface area contributed by atoms with Gasteiger partial charge in [0.05, 0.1) is 17.6 Å². The summed E-state index contributed by atoms with van der Waals surface area (Å²) in [6, 6.07) is 16.3. The van der Waals surface area contributed by atoms with E-state index in [1.165, 1.54) is 24.3 Å². The topological polar surface area (TPSA) is 81.7 Å². The van der Waals surface area contributed by atoms with Gasteiger partial charge in [0.1, 0.15) is 11.5 Å².